The van der Waals surface area contributed by atoms with E-state index in [0.29, 0.717) is 155 Å². The van der Waals surface area contributed by atoms with Crippen LogP contribution in [0.2, 0.25) is 0 Å². The van der Waals surface area contributed by atoms with Crippen molar-refractivity contribution in [2.75, 3.05) is 122 Å². The summed E-state index contributed by atoms with van der Waals surface area (Å²) in [5.41, 5.74) is 1.76. The number of aliphatic hydroxyl groups excluding tert-OH is 3. The van der Waals surface area contributed by atoms with Crippen molar-refractivity contribution < 1.29 is 76.0 Å². The molecule has 3 fully saturated rings. The Morgan fingerprint density at radius 2 is 1.35 bits per heavy atom. The average Bonchev–Trinajstić information content (AvgIpc) is 4.11. The quantitative estimate of drug-likeness (QED) is 0.0605. The number of alkyl halides is 3. The van der Waals surface area contributed by atoms with E-state index < -0.39 is 36.3 Å². The first-order chi connectivity index (χ1) is 32.0. The third-order valence-corrected chi connectivity index (χ3v) is 11.4. The SMILES string of the molecule is O=C(Nc1ccc(OC(F)(F)F)cc1)c1cnc(N2CCC(O)C2)c(-c2ccnn2CCOCCOCCOCCOCCOCCOCCOCCNC(=O)C2CC3CC2C(O)C3O)c1. The first-order valence-corrected chi connectivity index (χ1v) is 22.3. The third-order valence-electron chi connectivity index (χ3n) is 11.4. The normalized spacial score (nSPS) is 21.5. The highest BCUT2D eigenvalue weighted by Crippen LogP contribution is 2.48. The van der Waals surface area contributed by atoms with E-state index in [4.69, 9.17) is 33.2 Å². The van der Waals surface area contributed by atoms with Gasteiger partial charge < -0.3 is 68.7 Å². The largest absolute Gasteiger partial charge is 0.573 e. The zero-order valence-corrected chi connectivity index (χ0v) is 36.8. The van der Waals surface area contributed by atoms with Crippen LogP contribution in [0.5, 0.6) is 5.75 Å². The van der Waals surface area contributed by atoms with Gasteiger partial charge in [-0.1, -0.05) is 0 Å². The van der Waals surface area contributed by atoms with Crippen LogP contribution in [0.4, 0.5) is 24.7 Å². The molecule has 6 unspecified atom stereocenters. The molecule has 19 nitrogen and oxygen atoms in total. The van der Waals surface area contributed by atoms with Crippen LogP contribution in [0.15, 0.2) is 48.8 Å². The van der Waals surface area contributed by atoms with Gasteiger partial charge in [-0.05, 0) is 67.5 Å². The predicted molar refractivity (Wildman–Crippen MR) is 230 cm³/mol. The molecule has 2 amide bonds. The number of ether oxygens (including phenoxy) is 8. The summed E-state index contributed by atoms with van der Waals surface area (Å²) in [4.78, 5) is 32.2. The number of nitrogens with one attached hydrogen (secondary N) is 2. The van der Waals surface area contributed by atoms with Gasteiger partial charge >= 0.3 is 6.36 Å². The number of carbonyl (C=O) groups is 2. The van der Waals surface area contributed by atoms with E-state index in [1.54, 1.807) is 23.0 Å². The molecule has 3 heterocycles. The molecule has 3 aromatic rings. The van der Waals surface area contributed by atoms with E-state index in [9.17, 15) is 38.1 Å². The molecule has 2 saturated carbocycles. The van der Waals surface area contributed by atoms with Gasteiger partial charge in [-0.2, -0.15) is 5.10 Å². The van der Waals surface area contributed by atoms with Gasteiger partial charge in [0.25, 0.3) is 5.91 Å². The molecule has 2 aliphatic carbocycles. The first kappa shape index (κ1) is 50.9. The van der Waals surface area contributed by atoms with Gasteiger partial charge in [0, 0.05) is 49.2 Å². The number of hydrogen-bond acceptors (Lipinski definition) is 16. The van der Waals surface area contributed by atoms with E-state index in [2.05, 4.69) is 25.5 Å². The number of carbonyl (C=O) groups excluding carboxylic acids is 2. The Morgan fingerprint density at radius 1 is 0.758 bits per heavy atom. The smallest absolute Gasteiger partial charge is 0.406 e. The van der Waals surface area contributed by atoms with E-state index in [1.165, 1.54) is 18.3 Å². The second kappa shape index (κ2) is 26.2. The number of rotatable bonds is 30. The van der Waals surface area contributed by atoms with Gasteiger partial charge in [0.1, 0.15) is 11.6 Å². The maximum atomic E-state index is 13.2. The Balaban J connectivity index is 0.755. The van der Waals surface area contributed by atoms with Crippen molar-refractivity contribution in [3.8, 4) is 17.0 Å². The molecule has 3 aliphatic rings. The maximum Gasteiger partial charge on any atom is 0.573 e. The van der Waals surface area contributed by atoms with Crippen LogP contribution >= 0.6 is 0 Å². The van der Waals surface area contributed by atoms with Crippen LogP contribution in [0, 0.1) is 17.8 Å². The number of halogens is 3. The number of amides is 2. The van der Waals surface area contributed by atoms with Crippen molar-refractivity contribution >= 4 is 23.3 Å². The number of aromatic nitrogens is 3. The summed E-state index contributed by atoms with van der Waals surface area (Å²) in [6.45, 7) is 7.20. The van der Waals surface area contributed by atoms with Crippen molar-refractivity contribution in [1.29, 1.82) is 0 Å². The van der Waals surface area contributed by atoms with Crippen LogP contribution < -0.4 is 20.3 Å². The fourth-order valence-corrected chi connectivity index (χ4v) is 8.19. The highest BCUT2D eigenvalue weighted by atomic mass is 19.4. The number of pyridine rings is 1. The van der Waals surface area contributed by atoms with Crippen molar-refractivity contribution in [1.82, 2.24) is 20.1 Å². The van der Waals surface area contributed by atoms with Crippen LogP contribution in [0.1, 0.15) is 29.6 Å². The lowest BCUT2D eigenvalue weighted by molar-refractivity contribution is -0.274. The number of benzene rings is 1. The Labute approximate surface area is 380 Å². The van der Waals surface area contributed by atoms with Crippen LogP contribution in [-0.2, 0) is 44.5 Å². The lowest BCUT2D eigenvalue weighted by Gasteiger charge is -2.28. The summed E-state index contributed by atoms with van der Waals surface area (Å²) in [6.07, 6.45) is -1.93. The van der Waals surface area contributed by atoms with Crippen molar-refractivity contribution in [3.63, 3.8) is 0 Å². The molecular formula is C44H61F3N6O13. The molecule has 1 saturated heterocycles. The number of aliphatic hydroxyl groups is 3. The Kier molecular flexibility index (Phi) is 20.2. The number of nitrogens with zero attached hydrogens (tertiary/aromatic N) is 4. The van der Waals surface area contributed by atoms with Crippen molar-refractivity contribution in [2.24, 2.45) is 17.8 Å². The van der Waals surface area contributed by atoms with Crippen LogP contribution in [-0.4, -0.2) is 179 Å². The van der Waals surface area contributed by atoms with Crippen LogP contribution in [0.25, 0.3) is 11.3 Å². The van der Waals surface area contributed by atoms with Gasteiger partial charge in [0.15, 0.2) is 0 Å². The first-order valence-electron chi connectivity index (χ1n) is 22.3. The highest BCUT2D eigenvalue weighted by Gasteiger charge is 2.53. The van der Waals surface area contributed by atoms with Gasteiger partial charge in [-0.15, -0.1) is 13.2 Å². The molecule has 2 bridgehead atoms. The molecule has 22 heteroatoms. The van der Waals surface area contributed by atoms with Crippen molar-refractivity contribution in [2.45, 2.75) is 50.5 Å². The third kappa shape index (κ3) is 15.8. The summed E-state index contributed by atoms with van der Waals surface area (Å²) in [5.74, 6) is -0.843. The number of anilines is 2. The minimum Gasteiger partial charge on any atom is -0.406 e. The molecule has 0 radical (unpaired) electrons. The lowest BCUT2D eigenvalue weighted by Crippen LogP contribution is -2.43. The van der Waals surface area contributed by atoms with Gasteiger partial charge in [0.2, 0.25) is 5.91 Å². The number of β-amino-alcohol motifs (C(OH)–C–C–N with tert-alkyl or cyclic N) is 1. The molecule has 1 aliphatic heterocycles. The lowest BCUT2D eigenvalue weighted by atomic mass is 9.84. The zero-order chi connectivity index (χ0) is 46.7. The summed E-state index contributed by atoms with van der Waals surface area (Å²) in [7, 11) is 0. The van der Waals surface area contributed by atoms with Crippen molar-refractivity contribution in [3.05, 3.63) is 54.4 Å². The maximum absolute atomic E-state index is 13.2. The summed E-state index contributed by atoms with van der Waals surface area (Å²) >= 11 is 0. The molecule has 5 N–H and O–H groups in total. The van der Waals surface area contributed by atoms with E-state index in [-0.39, 0.29) is 34.9 Å². The number of fused-ring (bicyclic) bond motifs is 2. The monoisotopic (exact) mass is 938 g/mol. The molecule has 2 aromatic heterocycles. The van der Waals surface area contributed by atoms with Gasteiger partial charge in [-0.3, -0.25) is 14.3 Å². The molecule has 1 aromatic carbocycles. The van der Waals surface area contributed by atoms with Crippen LogP contribution in [0.3, 0.4) is 0 Å². The van der Waals surface area contributed by atoms with E-state index >= 15 is 0 Å². The highest BCUT2D eigenvalue weighted by molar-refractivity contribution is 6.05. The second-order valence-corrected chi connectivity index (χ2v) is 16.0. The molecular weight excluding hydrogens is 878 g/mol. The summed E-state index contributed by atoms with van der Waals surface area (Å²) < 4.78 is 82.3. The number of hydrogen-bond donors (Lipinski definition) is 5. The average molecular weight is 939 g/mol. The topological polar surface area (TPSA) is 227 Å². The zero-order valence-electron chi connectivity index (χ0n) is 36.8. The minimum atomic E-state index is -4.83. The summed E-state index contributed by atoms with van der Waals surface area (Å²) in [5, 5.41) is 40.1. The fraction of sp³-hybridized carbons (Fsp3) is 0.636. The molecule has 6 atom stereocenters. The molecule has 366 valence electrons. The minimum absolute atomic E-state index is 0.0110. The Morgan fingerprint density at radius 3 is 1.89 bits per heavy atom. The summed E-state index contributed by atoms with van der Waals surface area (Å²) in [6, 6.07) is 8.28. The Hall–Kier alpha value is -4.49. The Bertz CT molecular complexity index is 1930. The van der Waals surface area contributed by atoms with E-state index in [0.717, 1.165) is 12.1 Å². The standard InChI is InChI=1S/C44H61F3N6O13/c45-44(46,47)66-34-3-1-32(2-4-34)51-42(57)31-27-37(41(49-28-31)52-9-6-33(54)29-52)38-5-7-50-53(38)10-12-60-14-16-62-18-20-64-22-24-65-23-21-63-19-17-61-15-13-59-11-8-48-43(58)36-26-30-25-35(36)40(56)39(30)55/h1-5,7,27-28,30,33,35-36,39-40,54-56H,6,8-26,29H2,(H,48,58)(H,51,57). The predicted octanol–water partition coefficient (Wildman–Crippen LogP) is 2.28. The van der Waals surface area contributed by atoms with Gasteiger partial charge in [-0.25, -0.2) is 4.98 Å². The van der Waals surface area contributed by atoms with Gasteiger partial charge in [0.05, 0.1) is 129 Å². The molecule has 66 heavy (non-hydrogen) atoms. The second-order valence-electron chi connectivity index (χ2n) is 16.0. The fourth-order valence-electron chi connectivity index (χ4n) is 8.19. The molecule has 6 rings (SSSR count). The molecule has 0 spiro atoms. The van der Waals surface area contributed by atoms with E-state index in [1.807, 2.05) is 4.90 Å².